The summed E-state index contributed by atoms with van der Waals surface area (Å²) in [6.45, 7) is -3.11. The van der Waals surface area contributed by atoms with E-state index in [-0.39, 0.29) is 22.5 Å². The van der Waals surface area contributed by atoms with E-state index in [1.165, 1.54) is 12.1 Å². The maximum absolute atomic E-state index is 12.4. The van der Waals surface area contributed by atoms with Gasteiger partial charge in [-0.15, -0.1) is 0 Å². The van der Waals surface area contributed by atoms with Crippen LogP contribution < -0.4 is 10.2 Å². The molecule has 1 heterocycles. The summed E-state index contributed by atoms with van der Waals surface area (Å²) >= 11 is 0. The van der Waals surface area contributed by atoms with Crippen LogP contribution in [0.2, 0.25) is 0 Å². The van der Waals surface area contributed by atoms with Crippen molar-refractivity contribution in [2.45, 2.75) is 6.61 Å². The molecule has 0 atom stereocenters. The molecule has 4 nitrogen and oxygen atoms in total. The van der Waals surface area contributed by atoms with Crippen LogP contribution in [0.1, 0.15) is 0 Å². The molecular formula is C16H10F2O4. The van der Waals surface area contributed by atoms with Gasteiger partial charge in [0, 0.05) is 23.8 Å². The van der Waals surface area contributed by atoms with E-state index in [1.807, 2.05) is 6.07 Å². The van der Waals surface area contributed by atoms with E-state index in [1.54, 1.807) is 24.3 Å². The van der Waals surface area contributed by atoms with Gasteiger partial charge in [-0.2, -0.15) is 8.78 Å². The second kappa shape index (κ2) is 5.48. The Labute approximate surface area is 123 Å². The molecule has 3 rings (SSSR count). The van der Waals surface area contributed by atoms with Crippen molar-refractivity contribution in [3.63, 3.8) is 0 Å². The maximum atomic E-state index is 12.4. The van der Waals surface area contributed by atoms with Crippen LogP contribution in [0, 0.1) is 0 Å². The smallest absolute Gasteiger partial charge is 0.387 e. The third kappa shape index (κ3) is 2.63. The molecule has 0 fully saturated rings. The topological polar surface area (TPSA) is 59.7 Å². The average Bonchev–Trinajstić information content (AvgIpc) is 2.46. The first-order chi connectivity index (χ1) is 10.5. The Kier molecular flexibility index (Phi) is 3.50. The monoisotopic (exact) mass is 304 g/mol. The lowest BCUT2D eigenvalue weighted by Gasteiger charge is -2.09. The highest BCUT2D eigenvalue weighted by Gasteiger charge is 2.16. The third-order valence-electron chi connectivity index (χ3n) is 3.05. The number of hydrogen-bond donors (Lipinski definition) is 1. The summed E-state index contributed by atoms with van der Waals surface area (Å²) in [5, 5.41) is 9.45. The Hall–Kier alpha value is -2.89. The molecule has 0 radical (unpaired) electrons. The van der Waals surface area contributed by atoms with Crippen molar-refractivity contribution in [1.82, 2.24) is 0 Å². The van der Waals surface area contributed by atoms with Crippen LogP contribution in [-0.2, 0) is 0 Å². The quantitative estimate of drug-likeness (QED) is 0.800. The molecule has 0 bridgehead atoms. The number of benzene rings is 2. The fourth-order valence-electron chi connectivity index (χ4n) is 2.17. The minimum absolute atomic E-state index is 0.0259. The summed E-state index contributed by atoms with van der Waals surface area (Å²) in [5.41, 5.74) is 0.0962. The Morgan fingerprint density at radius 1 is 1.09 bits per heavy atom. The lowest BCUT2D eigenvalue weighted by atomic mass is 10.1. The molecule has 0 aliphatic rings. The van der Waals surface area contributed by atoms with E-state index in [0.29, 0.717) is 5.56 Å². The number of alkyl halides is 2. The molecule has 0 spiro atoms. The summed E-state index contributed by atoms with van der Waals surface area (Å²) in [5.74, 6) is -0.485. The third-order valence-corrected chi connectivity index (χ3v) is 3.05. The standard InChI is InChI=1S/C16H10F2O4/c17-16(18)22-14-7-10(19)6-13-15(14)11(20)8-12(21-13)9-4-2-1-3-5-9/h1-8,16,19H. The molecule has 22 heavy (non-hydrogen) atoms. The number of aromatic hydroxyl groups is 1. The lowest BCUT2D eigenvalue weighted by Crippen LogP contribution is -2.07. The molecule has 3 aromatic rings. The fourth-order valence-corrected chi connectivity index (χ4v) is 2.17. The van der Waals surface area contributed by atoms with Crippen LogP contribution >= 0.6 is 0 Å². The van der Waals surface area contributed by atoms with Gasteiger partial charge in [0.2, 0.25) is 0 Å². The molecule has 1 N–H and O–H groups in total. The summed E-state index contributed by atoms with van der Waals surface area (Å²) < 4.78 is 34.7. The molecule has 112 valence electrons. The van der Waals surface area contributed by atoms with Gasteiger partial charge in [0.05, 0.1) is 0 Å². The highest BCUT2D eigenvalue weighted by Crippen LogP contribution is 2.32. The van der Waals surface area contributed by atoms with E-state index in [9.17, 15) is 18.7 Å². The summed E-state index contributed by atoms with van der Waals surface area (Å²) in [6, 6.07) is 12.2. The minimum atomic E-state index is -3.11. The van der Waals surface area contributed by atoms with E-state index < -0.39 is 17.8 Å². The van der Waals surface area contributed by atoms with E-state index in [2.05, 4.69) is 4.74 Å². The van der Waals surface area contributed by atoms with Gasteiger partial charge in [0.15, 0.2) is 5.43 Å². The van der Waals surface area contributed by atoms with Crippen molar-refractivity contribution in [2.24, 2.45) is 0 Å². The predicted molar refractivity (Wildman–Crippen MR) is 76.2 cm³/mol. The molecule has 0 amide bonds. The van der Waals surface area contributed by atoms with Crippen molar-refractivity contribution in [3.8, 4) is 22.8 Å². The van der Waals surface area contributed by atoms with E-state index >= 15 is 0 Å². The first-order valence-electron chi connectivity index (χ1n) is 6.35. The van der Waals surface area contributed by atoms with Gasteiger partial charge >= 0.3 is 6.61 Å². The zero-order valence-corrected chi connectivity index (χ0v) is 11.1. The molecular weight excluding hydrogens is 294 g/mol. The largest absolute Gasteiger partial charge is 0.508 e. The summed E-state index contributed by atoms with van der Waals surface area (Å²) in [7, 11) is 0. The molecule has 0 unspecified atom stereocenters. The predicted octanol–water partition coefficient (Wildman–Crippen LogP) is 3.77. The van der Waals surface area contributed by atoms with Crippen LogP contribution in [0.5, 0.6) is 11.5 Å². The second-order valence-corrected chi connectivity index (χ2v) is 4.54. The van der Waals surface area contributed by atoms with Crippen LogP contribution in [-0.4, -0.2) is 11.7 Å². The fraction of sp³-hybridized carbons (Fsp3) is 0.0625. The van der Waals surface area contributed by atoms with Crippen LogP contribution in [0.25, 0.3) is 22.3 Å². The average molecular weight is 304 g/mol. The molecule has 6 heteroatoms. The van der Waals surface area contributed by atoms with Gasteiger partial charge < -0.3 is 14.3 Å². The molecule has 2 aromatic carbocycles. The number of halogens is 2. The Morgan fingerprint density at radius 2 is 1.82 bits per heavy atom. The van der Waals surface area contributed by atoms with Crippen LogP contribution in [0.15, 0.2) is 57.7 Å². The number of hydrogen-bond acceptors (Lipinski definition) is 4. The normalized spacial score (nSPS) is 11.0. The highest BCUT2D eigenvalue weighted by molar-refractivity contribution is 5.86. The number of phenolic OH excluding ortho intramolecular Hbond substituents is 1. The number of ether oxygens (including phenoxy) is 1. The van der Waals surface area contributed by atoms with Crippen molar-refractivity contribution in [2.75, 3.05) is 0 Å². The summed E-state index contributed by atoms with van der Waals surface area (Å²) in [6.07, 6.45) is 0. The first kappa shape index (κ1) is 14.1. The zero-order valence-electron chi connectivity index (χ0n) is 11.1. The van der Waals surface area contributed by atoms with E-state index in [4.69, 9.17) is 4.42 Å². The lowest BCUT2D eigenvalue weighted by molar-refractivity contribution is -0.0489. The molecule has 0 saturated carbocycles. The van der Waals surface area contributed by atoms with Crippen molar-refractivity contribution < 1.29 is 23.0 Å². The molecule has 0 aliphatic heterocycles. The van der Waals surface area contributed by atoms with Crippen LogP contribution in [0.4, 0.5) is 8.78 Å². The van der Waals surface area contributed by atoms with Gasteiger partial charge in [-0.25, -0.2) is 0 Å². The Bertz CT molecular complexity index is 872. The zero-order chi connectivity index (χ0) is 15.7. The first-order valence-corrected chi connectivity index (χ1v) is 6.35. The highest BCUT2D eigenvalue weighted by atomic mass is 19.3. The Balaban J connectivity index is 2.25. The number of rotatable bonds is 3. The van der Waals surface area contributed by atoms with Crippen molar-refractivity contribution >= 4 is 11.0 Å². The van der Waals surface area contributed by atoms with Gasteiger partial charge in [-0.3, -0.25) is 4.79 Å². The number of fused-ring (bicyclic) bond motifs is 1. The van der Waals surface area contributed by atoms with Gasteiger partial charge in [0.25, 0.3) is 0 Å². The SMILES string of the molecule is O=c1cc(-c2ccccc2)oc2cc(O)cc(OC(F)F)c12. The van der Waals surface area contributed by atoms with E-state index in [0.717, 1.165) is 6.07 Å². The molecule has 0 aliphatic carbocycles. The maximum Gasteiger partial charge on any atom is 0.387 e. The summed E-state index contributed by atoms with van der Waals surface area (Å²) in [4.78, 5) is 12.2. The van der Waals surface area contributed by atoms with Crippen molar-refractivity contribution in [3.05, 3.63) is 58.8 Å². The minimum Gasteiger partial charge on any atom is -0.508 e. The molecule has 1 aromatic heterocycles. The van der Waals surface area contributed by atoms with Gasteiger partial charge in [-0.1, -0.05) is 30.3 Å². The molecule has 0 saturated heterocycles. The van der Waals surface area contributed by atoms with Gasteiger partial charge in [0.1, 0.15) is 28.2 Å². The Morgan fingerprint density at radius 3 is 2.50 bits per heavy atom. The second-order valence-electron chi connectivity index (χ2n) is 4.54. The van der Waals surface area contributed by atoms with Crippen molar-refractivity contribution in [1.29, 1.82) is 0 Å². The van der Waals surface area contributed by atoms with Crippen LogP contribution in [0.3, 0.4) is 0 Å². The van der Waals surface area contributed by atoms with Gasteiger partial charge in [-0.05, 0) is 0 Å². The number of phenols is 1.